The smallest absolute Gasteiger partial charge is 0.259 e. The average molecular weight is 945 g/mol. The number of amides is 2. The summed E-state index contributed by atoms with van der Waals surface area (Å²) in [5.74, 6) is 1.06. The van der Waals surface area contributed by atoms with Crippen molar-refractivity contribution in [2.24, 2.45) is 11.8 Å². The van der Waals surface area contributed by atoms with Crippen LogP contribution < -0.4 is 20.2 Å². The molecule has 0 saturated carbocycles. The Labute approximate surface area is 381 Å². The quantitative estimate of drug-likeness (QED) is 0.0625. The van der Waals surface area contributed by atoms with Gasteiger partial charge in [0.2, 0.25) is 0 Å². The molecule has 2 aliphatic rings. The van der Waals surface area contributed by atoms with Gasteiger partial charge in [-0.15, -0.1) is 0 Å². The van der Waals surface area contributed by atoms with Gasteiger partial charge < -0.3 is 9.80 Å². The second kappa shape index (κ2) is 26.0. The summed E-state index contributed by atoms with van der Waals surface area (Å²) in [7, 11) is 0. The topological polar surface area (TPSA) is 40.6 Å². The molecule has 328 valence electrons. The molecule has 3 aromatic rings. The van der Waals surface area contributed by atoms with Crippen LogP contribution in [0.1, 0.15) is 193 Å². The molecule has 0 saturated heterocycles. The van der Waals surface area contributed by atoms with Gasteiger partial charge in [-0.1, -0.05) is 212 Å². The first-order valence-electron chi connectivity index (χ1n) is 24.4. The second-order valence-corrected chi connectivity index (χ2v) is 19.9. The van der Waals surface area contributed by atoms with E-state index in [0.29, 0.717) is 11.8 Å². The van der Waals surface area contributed by atoms with Gasteiger partial charge in [0.15, 0.2) is 0 Å². The maximum absolute atomic E-state index is 15.0. The molecule has 0 aliphatic carbocycles. The lowest BCUT2D eigenvalue weighted by molar-refractivity contribution is -0.114. The number of carbonyl (C=O) groups is 2. The molecular formula is C54H76Br2N2O2. The molecule has 2 aliphatic heterocycles. The SMILES string of the molecule is CCCCCCCCC(CCCCCC)CN1C(=O)C(c2ccc(Br)cc2)=c2cc3c(cc21)=C(c1ccc(Br)cc1)C(=O)N3CC(CCCCCC)CCCCCCCC. The Kier molecular flexibility index (Phi) is 21.0. The van der Waals surface area contributed by atoms with Gasteiger partial charge in [-0.05, 0) is 85.0 Å². The summed E-state index contributed by atoms with van der Waals surface area (Å²) >= 11 is 7.28. The molecule has 2 amide bonds. The fraction of sp³-hybridized carbons (Fsp3) is 0.593. The Morgan fingerprint density at radius 3 is 1.02 bits per heavy atom. The monoisotopic (exact) mass is 942 g/mol. The molecule has 0 radical (unpaired) electrons. The van der Waals surface area contributed by atoms with Gasteiger partial charge in [-0.2, -0.15) is 0 Å². The molecule has 4 nitrogen and oxygen atoms in total. The minimum Gasteiger partial charge on any atom is -0.307 e. The fourth-order valence-corrected chi connectivity index (χ4v) is 10.1. The molecular weight excluding hydrogens is 868 g/mol. The van der Waals surface area contributed by atoms with Crippen molar-refractivity contribution in [3.63, 3.8) is 0 Å². The molecule has 0 spiro atoms. The van der Waals surface area contributed by atoms with Crippen LogP contribution in [-0.2, 0) is 9.59 Å². The molecule has 0 aromatic heterocycles. The van der Waals surface area contributed by atoms with E-state index in [1.165, 1.54) is 128 Å². The Balaban J connectivity index is 1.57. The summed E-state index contributed by atoms with van der Waals surface area (Å²) in [4.78, 5) is 34.3. The van der Waals surface area contributed by atoms with E-state index in [4.69, 9.17) is 0 Å². The number of halogens is 2. The number of benzene rings is 3. The van der Waals surface area contributed by atoms with Crippen LogP contribution in [0.15, 0.2) is 69.6 Å². The van der Waals surface area contributed by atoms with Crippen LogP contribution in [0.5, 0.6) is 0 Å². The van der Waals surface area contributed by atoms with E-state index in [-0.39, 0.29) is 11.8 Å². The molecule has 2 heterocycles. The van der Waals surface area contributed by atoms with E-state index >= 15 is 9.59 Å². The predicted octanol–water partition coefficient (Wildman–Crippen LogP) is 15.0. The van der Waals surface area contributed by atoms with Crippen molar-refractivity contribution in [1.29, 1.82) is 0 Å². The minimum atomic E-state index is 0.0949. The second-order valence-electron chi connectivity index (χ2n) is 18.0. The molecule has 0 N–H and O–H groups in total. The van der Waals surface area contributed by atoms with Crippen LogP contribution in [0.25, 0.3) is 11.1 Å². The van der Waals surface area contributed by atoms with Crippen LogP contribution in [0.3, 0.4) is 0 Å². The van der Waals surface area contributed by atoms with Crippen molar-refractivity contribution in [2.75, 3.05) is 22.9 Å². The fourth-order valence-electron chi connectivity index (χ4n) is 9.61. The highest BCUT2D eigenvalue weighted by molar-refractivity contribution is 9.10. The number of rotatable bonds is 30. The minimum absolute atomic E-state index is 0.0949. The lowest BCUT2D eigenvalue weighted by Crippen LogP contribution is -2.35. The zero-order valence-corrected chi connectivity index (χ0v) is 41.0. The number of hydrogen-bond acceptors (Lipinski definition) is 2. The number of hydrogen-bond donors (Lipinski definition) is 0. The first-order chi connectivity index (χ1) is 29.3. The third kappa shape index (κ3) is 13.6. The van der Waals surface area contributed by atoms with Crippen LogP contribution in [0.4, 0.5) is 11.4 Å². The van der Waals surface area contributed by atoms with E-state index in [9.17, 15) is 0 Å². The standard InChI is InChI=1S/C54H76Br2N2O2/c1-5-9-13-17-19-23-27-41(25-21-15-11-7-3)39-57-49-37-48-50(38-47(49)51(53(57)59)43-29-33-45(55)34-30-43)58(54(60)52(48)44-31-35-46(56)36-32-44)40-42(26-22-16-12-8-4)28-24-20-18-14-10-6-2/h29-38,41-42H,5-28,39-40H2,1-4H3. The lowest BCUT2D eigenvalue weighted by Gasteiger charge is -2.27. The van der Waals surface area contributed by atoms with Crippen molar-refractivity contribution in [1.82, 2.24) is 0 Å². The van der Waals surface area contributed by atoms with Crippen LogP contribution in [-0.4, -0.2) is 24.9 Å². The first-order valence-corrected chi connectivity index (χ1v) is 26.0. The zero-order valence-electron chi connectivity index (χ0n) is 37.8. The summed E-state index contributed by atoms with van der Waals surface area (Å²) in [6.45, 7) is 10.6. The van der Waals surface area contributed by atoms with Crippen molar-refractivity contribution in [3.8, 4) is 0 Å². The van der Waals surface area contributed by atoms with Gasteiger partial charge in [-0.3, -0.25) is 9.59 Å². The summed E-state index contributed by atoms with van der Waals surface area (Å²) in [5, 5.41) is 1.94. The maximum atomic E-state index is 15.0. The van der Waals surface area contributed by atoms with Gasteiger partial charge in [-0.25, -0.2) is 0 Å². The Morgan fingerprint density at radius 1 is 0.417 bits per heavy atom. The highest BCUT2D eigenvalue weighted by atomic mass is 79.9. The first kappa shape index (κ1) is 48.3. The number of fused-ring (bicyclic) bond motifs is 2. The molecule has 5 rings (SSSR count). The highest BCUT2D eigenvalue weighted by Crippen LogP contribution is 2.34. The predicted molar refractivity (Wildman–Crippen MR) is 264 cm³/mol. The normalized spacial score (nSPS) is 14.7. The van der Waals surface area contributed by atoms with E-state index in [2.05, 4.69) is 106 Å². The third-order valence-corrected chi connectivity index (χ3v) is 14.2. The summed E-state index contributed by atoms with van der Waals surface area (Å²) in [5.41, 5.74) is 5.32. The van der Waals surface area contributed by atoms with E-state index in [0.717, 1.165) is 91.8 Å². The van der Waals surface area contributed by atoms with Crippen molar-refractivity contribution in [2.45, 2.75) is 182 Å². The highest BCUT2D eigenvalue weighted by Gasteiger charge is 2.37. The molecule has 3 aromatic carbocycles. The molecule has 6 heteroatoms. The Hall–Kier alpha value is -2.70. The maximum Gasteiger partial charge on any atom is 0.259 e. The molecule has 2 unspecified atom stereocenters. The zero-order chi connectivity index (χ0) is 42.7. The van der Waals surface area contributed by atoms with Crippen LogP contribution in [0, 0.1) is 11.8 Å². The van der Waals surface area contributed by atoms with Crippen molar-refractivity contribution in [3.05, 3.63) is 91.2 Å². The molecule has 0 bridgehead atoms. The van der Waals surface area contributed by atoms with Gasteiger partial charge in [0, 0.05) is 32.5 Å². The largest absolute Gasteiger partial charge is 0.307 e. The third-order valence-electron chi connectivity index (χ3n) is 13.2. The summed E-state index contributed by atoms with van der Waals surface area (Å²) in [6, 6.07) is 20.9. The van der Waals surface area contributed by atoms with Crippen molar-refractivity contribution < 1.29 is 9.59 Å². The van der Waals surface area contributed by atoms with E-state index in [1.54, 1.807) is 0 Å². The Morgan fingerprint density at radius 2 is 0.700 bits per heavy atom. The number of anilines is 2. The molecule has 2 atom stereocenters. The number of nitrogens with zero attached hydrogens (tertiary/aromatic N) is 2. The van der Waals surface area contributed by atoms with Crippen LogP contribution >= 0.6 is 31.9 Å². The summed E-state index contributed by atoms with van der Waals surface area (Å²) in [6.07, 6.45) is 29.8. The van der Waals surface area contributed by atoms with E-state index in [1.807, 2.05) is 24.3 Å². The van der Waals surface area contributed by atoms with Gasteiger partial charge in [0.25, 0.3) is 11.8 Å². The average Bonchev–Trinajstić information content (AvgIpc) is 3.67. The number of carbonyl (C=O) groups excluding carboxylic acids is 2. The molecule has 60 heavy (non-hydrogen) atoms. The number of unbranched alkanes of at least 4 members (excludes halogenated alkanes) is 16. The van der Waals surface area contributed by atoms with Crippen LogP contribution in [0.2, 0.25) is 0 Å². The van der Waals surface area contributed by atoms with Gasteiger partial charge in [0.1, 0.15) is 0 Å². The van der Waals surface area contributed by atoms with E-state index < -0.39 is 0 Å². The molecule has 0 fully saturated rings. The van der Waals surface area contributed by atoms with Gasteiger partial charge >= 0.3 is 0 Å². The van der Waals surface area contributed by atoms with Crippen molar-refractivity contribution >= 4 is 66.2 Å². The van der Waals surface area contributed by atoms with Gasteiger partial charge in [0.05, 0.1) is 22.5 Å². The lowest BCUT2D eigenvalue weighted by atomic mass is 9.93. The summed E-state index contributed by atoms with van der Waals surface area (Å²) < 4.78 is 1.99. The Bertz CT molecular complexity index is 1760.